The zero-order valence-electron chi connectivity index (χ0n) is 11.0. The van der Waals surface area contributed by atoms with E-state index in [9.17, 15) is 22.4 Å². The molecular weight excluding hydrogens is 289 g/mol. The second-order valence-electron chi connectivity index (χ2n) is 4.11. The van der Waals surface area contributed by atoms with Crippen LogP contribution in [0.3, 0.4) is 0 Å². The van der Waals surface area contributed by atoms with Gasteiger partial charge in [0.15, 0.2) is 9.84 Å². The number of rotatable bonds is 5. The van der Waals surface area contributed by atoms with Crippen LogP contribution < -0.4 is 0 Å². The molecule has 0 bridgehead atoms. The fourth-order valence-corrected chi connectivity index (χ4v) is 2.68. The fraction of sp³-hybridized carbons (Fsp3) is 0.333. The number of halogens is 1. The average molecular weight is 303 g/mol. The van der Waals surface area contributed by atoms with E-state index < -0.39 is 43.7 Å². The summed E-state index contributed by atoms with van der Waals surface area (Å²) in [7, 11) is -2.56. The molecule has 0 spiro atoms. The number of hydrogen-bond donors (Lipinski definition) is 1. The van der Waals surface area contributed by atoms with E-state index in [1.165, 1.54) is 11.9 Å². The Bertz CT molecular complexity index is 641. The highest BCUT2D eigenvalue weighted by Gasteiger charge is 2.23. The molecule has 0 atom stereocenters. The van der Waals surface area contributed by atoms with E-state index in [1.807, 2.05) is 0 Å². The second kappa shape index (κ2) is 6.00. The van der Waals surface area contributed by atoms with Crippen LogP contribution in [-0.4, -0.2) is 49.6 Å². The molecule has 8 heteroatoms. The van der Waals surface area contributed by atoms with Crippen LogP contribution >= 0.6 is 0 Å². The largest absolute Gasteiger partial charge is 0.478 e. The summed E-state index contributed by atoms with van der Waals surface area (Å²) >= 11 is 0. The number of amides is 1. The van der Waals surface area contributed by atoms with Crippen molar-refractivity contribution < 1.29 is 27.5 Å². The van der Waals surface area contributed by atoms with Gasteiger partial charge in [-0.05, 0) is 25.1 Å². The monoisotopic (exact) mass is 303 g/mol. The molecule has 0 saturated heterocycles. The molecule has 110 valence electrons. The van der Waals surface area contributed by atoms with Crippen LogP contribution in [0.15, 0.2) is 23.1 Å². The third-order valence-electron chi connectivity index (χ3n) is 2.74. The molecule has 0 fully saturated rings. The molecule has 1 amide bonds. The molecule has 1 aromatic rings. The zero-order chi connectivity index (χ0) is 15.5. The highest BCUT2D eigenvalue weighted by Crippen LogP contribution is 2.17. The minimum atomic E-state index is -4.01. The standard InChI is InChI=1S/C12H14FNO5S/c1-3-14(2)11(15)7-20(18,19)8-4-5-10(13)9(6-8)12(16)17/h4-6H,3,7H2,1-2H3,(H,16,17). The summed E-state index contributed by atoms with van der Waals surface area (Å²) in [5.41, 5.74) is -0.748. The lowest BCUT2D eigenvalue weighted by atomic mass is 10.2. The van der Waals surface area contributed by atoms with Crippen LogP contribution in [-0.2, 0) is 14.6 Å². The van der Waals surface area contributed by atoms with Crippen LogP contribution in [0.1, 0.15) is 17.3 Å². The lowest BCUT2D eigenvalue weighted by Gasteiger charge is -2.14. The van der Waals surface area contributed by atoms with Crippen molar-refractivity contribution >= 4 is 21.7 Å². The van der Waals surface area contributed by atoms with E-state index >= 15 is 0 Å². The third kappa shape index (κ3) is 3.53. The summed E-state index contributed by atoms with van der Waals surface area (Å²) in [6.07, 6.45) is 0. The molecule has 1 aromatic carbocycles. The van der Waals surface area contributed by atoms with E-state index in [4.69, 9.17) is 5.11 Å². The van der Waals surface area contributed by atoms with Crippen molar-refractivity contribution in [3.63, 3.8) is 0 Å². The Kier molecular flexibility index (Phi) is 4.83. The second-order valence-corrected chi connectivity index (χ2v) is 6.10. The van der Waals surface area contributed by atoms with Gasteiger partial charge in [-0.15, -0.1) is 0 Å². The molecule has 0 aliphatic carbocycles. The van der Waals surface area contributed by atoms with Crippen LogP contribution in [0.5, 0.6) is 0 Å². The van der Waals surface area contributed by atoms with Crippen molar-refractivity contribution in [3.8, 4) is 0 Å². The molecular formula is C12H14FNO5S. The first-order valence-corrected chi connectivity index (χ1v) is 7.33. The average Bonchev–Trinajstić information content (AvgIpc) is 2.36. The number of carboxylic acid groups (broad SMARTS) is 1. The topological polar surface area (TPSA) is 91.8 Å². The Balaban J connectivity index is 3.14. The zero-order valence-corrected chi connectivity index (χ0v) is 11.8. The number of nitrogens with zero attached hydrogens (tertiary/aromatic N) is 1. The Morgan fingerprint density at radius 3 is 2.45 bits per heavy atom. The fourth-order valence-electron chi connectivity index (χ4n) is 1.39. The van der Waals surface area contributed by atoms with Gasteiger partial charge in [0.25, 0.3) is 0 Å². The van der Waals surface area contributed by atoms with E-state index in [1.54, 1.807) is 6.92 Å². The SMILES string of the molecule is CCN(C)C(=O)CS(=O)(=O)c1ccc(F)c(C(=O)O)c1. The lowest BCUT2D eigenvalue weighted by molar-refractivity contribution is -0.126. The van der Waals surface area contributed by atoms with Gasteiger partial charge in [0, 0.05) is 13.6 Å². The van der Waals surface area contributed by atoms with Gasteiger partial charge in [-0.2, -0.15) is 0 Å². The minimum absolute atomic E-state index is 0.345. The van der Waals surface area contributed by atoms with Gasteiger partial charge in [0.1, 0.15) is 11.6 Å². The maximum absolute atomic E-state index is 13.2. The number of carbonyl (C=O) groups excluding carboxylic acids is 1. The van der Waals surface area contributed by atoms with Gasteiger partial charge < -0.3 is 10.0 Å². The molecule has 0 saturated carbocycles. The number of sulfone groups is 1. The molecule has 6 nitrogen and oxygen atoms in total. The van der Waals surface area contributed by atoms with Gasteiger partial charge in [-0.3, -0.25) is 4.79 Å². The maximum Gasteiger partial charge on any atom is 0.338 e. The number of carboxylic acids is 1. The van der Waals surface area contributed by atoms with E-state index in [0.29, 0.717) is 12.6 Å². The Morgan fingerprint density at radius 1 is 1.35 bits per heavy atom. The van der Waals surface area contributed by atoms with Crippen molar-refractivity contribution in [3.05, 3.63) is 29.6 Å². The summed E-state index contributed by atoms with van der Waals surface area (Å²) in [6, 6.07) is 2.41. The number of carbonyl (C=O) groups is 2. The van der Waals surface area contributed by atoms with Gasteiger partial charge in [0.2, 0.25) is 5.91 Å². The minimum Gasteiger partial charge on any atom is -0.478 e. The molecule has 20 heavy (non-hydrogen) atoms. The smallest absolute Gasteiger partial charge is 0.338 e. The molecule has 1 rings (SSSR count). The quantitative estimate of drug-likeness (QED) is 0.811. The highest BCUT2D eigenvalue weighted by atomic mass is 32.2. The molecule has 0 heterocycles. The van der Waals surface area contributed by atoms with Crippen molar-refractivity contribution in [2.75, 3.05) is 19.3 Å². The lowest BCUT2D eigenvalue weighted by Crippen LogP contribution is -2.32. The van der Waals surface area contributed by atoms with E-state index in [-0.39, 0.29) is 0 Å². The van der Waals surface area contributed by atoms with E-state index in [0.717, 1.165) is 12.1 Å². The number of hydrogen-bond acceptors (Lipinski definition) is 4. The van der Waals surface area contributed by atoms with Crippen LogP contribution in [0, 0.1) is 5.82 Å². The first-order valence-electron chi connectivity index (χ1n) is 5.68. The van der Waals surface area contributed by atoms with Crippen molar-refractivity contribution in [1.29, 1.82) is 0 Å². The number of benzene rings is 1. The molecule has 0 unspecified atom stereocenters. The first-order chi connectivity index (χ1) is 9.19. The normalized spacial score (nSPS) is 11.2. The van der Waals surface area contributed by atoms with E-state index in [2.05, 4.69) is 0 Å². The number of aromatic carboxylic acids is 1. The summed E-state index contributed by atoms with van der Waals surface area (Å²) in [4.78, 5) is 23.2. The maximum atomic E-state index is 13.2. The van der Waals surface area contributed by atoms with Crippen LogP contribution in [0.25, 0.3) is 0 Å². The predicted octanol–water partition coefficient (Wildman–Crippen LogP) is 0.776. The van der Waals surface area contributed by atoms with Crippen LogP contribution in [0.2, 0.25) is 0 Å². The summed E-state index contributed by atoms with van der Waals surface area (Å²) in [5.74, 6) is -4.01. The molecule has 0 aromatic heterocycles. The molecule has 1 N–H and O–H groups in total. The van der Waals surface area contributed by atoms with Crippen molar-refractivity contribution in [2.45, 2.75) is 11.8 Å². The first kappa shape index (κ1) is 16.1. The third-order valence-corrected chi connectivity index (χ3v) is 4.34. The Labute approximate surface area is 115 Å². The van der Waals surface area contributed by atoms with Crippen LogP contribution in [0.4, 0.5) is 4.39 Å². The summed E-state index contributed by atoms with van der Waals surface area (Å²) in [5, 5.41) is 8.75. The Morgan fingerprint density at radius 2 is 1.95 bits per heavy atom. The Hall–Kier alpha value is -1.96. The van der Waals surface area contributed by atoms with Crippen molar-refractivity contribution in [2.24, 2.45) is 0 Å². The van der Waals surface area contributed by atoms with Crippen molar-refractivity contribution in [1.82, 2.24) is 4.90 Å². The molecule has 0 radical (unpaired) electrons. The molecule has 0 aliphatic rings. The van der Waals surface area contributed by atoms with Gasteiger partial charge in [0.05, 0.1) is 10.5 Å². The van der Waals surface area contributed by atoms with Gasteiger partial charge in [-0.25, -0.2) is 17.6 Å². The van der Waals surface area contributed by atoms with Gasteiger partial charge in [-0.1, -0.05) is 0 Å². The van der Waals surface area contributed by atoms with Gasteiger partial charge >= 0.3 is 5.97 Å². The molecule has 0 aliphatic heterocycles. The predicted molar refractivity (Wildman–Crippen MR) is 68.7 cm³/mol. The summed E-state index contributed by atoms with van der Waals surface area (Å²) < 4.78 is 37.2. The summed E-state index contributed by atoms with van der Waals surface area (Å²) in [6.45, 7) is 2.03. The highest BCUT2D eigenvalue weighted by molar-refractivity contribution is 7.92.